The van der Waals surface area contributed by atoms with Crippen LogP contribution >= 0.6 is 0 Å². The quantitative estimate of drug-likeness (QED) is 0.602. The first-order valence-electron chi connectivity index (χ1n) is 9.99. The number of aryl methyl sites for hydroxylation is 1. The maximum atomic E-state index is 12.6. The Labute approximate surface area is 159 Å². The molecule has 1 fully saturated rings. The molecule has 6 nitrogen and oxygen atoms in total. The highest BCUT2D eigenvalue weighted by Gasteiger charge is 2.27. The van der Waals surface area contributed by atoms with E-state index in [9.17, 15) is 4.79 Å². The zero-order valence-corrected chi connectivity index (χ0v) is 15.7. The van der Waals surface area contributed by atoms with Crippen molar-refractivity contribution >= 4 is 11.6 Å². The Morgan fingerprint density at radius 2 is 1.89 bits per heavy atom. The largest absolute Gasteiger partial charge is 0.354 e. The smallest absolute Gasteiger partial charge is 0.222 e. The summed E-state index contributed by atoms with van der Waals surface area (Å²) in [6, 6.07) is 10.0. The number of pyridine rings is 1. The van der Waals surface area contributed by atoms with Gasteiger partial charge < -0.3 is 9.47 Å². The van der Waals surface area contributed by atoms with E-state index in [4.69, 9.17) is 0 Å². The van der Waals surface area contributed by atoms with Gasteiger partial charge >= 0.3 is 0 Å². The van der Waals surface area contributed by atoms with Gasteiger partial charge in [0.1, 0.15) is 5.82 Å². The molecule has 4 heterocycles. The number of hydrogen-bond acceptors (Lipinski definition) is 3. The van der Waals surface area contributed by atoms with E-state index in [0.717, 1.165) is 63.2 Å². The summed E-state index contributed by atoms with van der Waals surface area (Å²) < 4.78 is 4.25. The van der Waals surface area contributed by atoms with Crippen molar-refractivity contribution in [3.05, 3.63) is 54.7 Å². The Morgan fingerprint density at radius 3 is 2.78 bits per heavy atom. The predicted octanol–water partition coefficient (Wildman–Crippen LogP) is 3.50. The third-order valence-electron chi connectivity index (χ3n) is 5.45. The lowest BCUT2D eigenvalue weighted by Crippen LogP contribution is -2.39. The monoisotopic (exact) mass is 365 g/mol. The number of carbonyl (C=O) groups excluding carboxylic acids is 1. The summed E-state index contributed by atoms with van der Waals surface area (Å²) in [5.41, 5.74) is 0.874. The van der Waals surface area contributed by atoms with Gasteiger partial charge in [-0.15, -0.1) is 10.2 Å². The molecule has 0 aromatic carbocycles. The molecule has 6 heteroatoms. The third kappa shape index (κ3) is 4.21. The van der Waals surface area contributed by atoms with Crippen molar-refractivity contribution < 1.29 is 4.79 Å². The zero-order valence-electron chi connectivity index (χ0n) is 15.7. The summed E-state index contributed by atoms with van der Waals surface area (Å²) in [5.74, 6) is 1.54. The minimum Gasteiger partial charge on any atom is -0.354 e. The molecule has 0 radical (unpaired) electrons. The van der Waals surface area contributed by atoms with Gasteiger partial charge in [-0.3, -0.25) is 9.20 Å². The van der Waals surface area contributed by atoms with Crippen molar-refractivity contribution in [1.82, 2.24) is 24.1 Å². The molecule has 142 valence electrons. The molecule has 0 aliphatic carbocycles. The minimum atomic E-state index is 0.272. The second-order valence-corrected chi connectivity index (χ2v) is 7.40. The van der Waals surface area contributed by atoms with E-state index in [-0.39, 0.29) is 11.8 Å². The van der Waals surface area contributed by atoms with Crippen LogP contribution in [0.4, 0.5) is 0 Å². The van der Waals surface area contributed by atoms with Crippen molar-refractivity contribution in [1.29, 1.82) is 0 Å². The predicted molar refractivity (Wildman–Crippen MR) is 104 cm³/mol. The van der Waals surface area contributed by atoms with Crippen LogP contribution in [0, 0.1) is 0 Å². The van der Waals surface area contributed by atoms with Gasteiger partial charge in [-0.1, -0.05) is 12.5 Å². The molecule has 0 bridgehead atoms. The van der Waals surface area contributed by atoms with Crippen LogP contribution in [0.2, 0.25) is 0 Å². The van der Waals surface area contributed by atoms with Crippen molar-refractivity contribution in [2.45, 2.75) is 51.0 Å². The molecule has 4 rings (SSSR count). The first-order chi connectivity index (χ1) is 13.3. The topological polar surface area (TPSA) is 55.4 Å². The second-order valence-electron chi connectivity index (χ2n) is 7.40. The molecule has 27 heavy (non-hydrogen) atoms. The summed E-state index contributed by atoms with van der Waals surface area (Å²) in [5, 5.41) is 8.66. The van der Waals surface area contributed by atoms with Gasteiger partial charge in [0.2, 0.25) is 5.91 Å². The van der Waals surface area contributed by atoms with Gasteiger partial charge in [-0.25, -0.2) is 0 Å². The van der Waals surface area contributed by atoms with Crippen LogP contribution in [0.5, 0.6) is 0 Å². The maximum absolute atomic E-state index is 12.6. The standard InChI is InChI=1S/C21H27N5O/c27-20(11-2-1-4-12-24-13-6-7-14-24)25-15-8-9-18(17-25)21-23-22-19-10-3-5-16-26(19)21/h3,5-7,10,13-14,16,18H,1-2,4,8-9,11-12,15,17H2/t18-/m1/s1. The first kappa shape index (κ1) is 17.8. The lowest BCUT2D eigenvalue weighted by Gasteiger charge is -2.32. The van der Waals surface area contributed by atoms with E-state index in [1.807, 2.05) is 29.3 Å². The average Bonchev–Trinajstić information content (AvgIpc) is 3.37. The fourth-order valence-electron chi connectivity index (χ4n) is 3.98. The van der Waals surface area contributed by atoms with Gasteiger partial charge in [-0.2, -0.15) is 0 Å². The summed E-state index contributed by atoms with van der Waals surface area (Å²) >= 11 is 0. The average molecular weight is 365 g/mol. The lowest BCUT2D eigenvalue weighted by molar-refractivity contribution is -0.132. The highest BCUT2D eigenvalue weighted by Crippen LogP contribution is 2.26. The first-order valence-corrected chi connectivity index (χ1v) is 9.99. The fourth-order valence-corrected chi connectivity index (χ4v) is 3.98. The van der Waals surface area contributed by atoms with Crippen LogP contribution < -0.4 is 0 Å². The Kier molecular flexibility index (Phi) is 5.51. The summed E-state index contributed by atoms with van der Waals surface area (Å²) in [4.78, 5) is 14.7. The summed E-state index contributed by atoms with van der Waals surface area (Å²) in [6.07, 6.45) is 12.1. The molecule has 3 aromatic heterocycles. The number of carbonyl (C=O) groups is 1. The van der Waals surface area contributed by atoms with E-state index < -0.39 is 0 Å². The molecule has 0 unspecified atom stereocenters. The number of piperidine rings is 1. The van der Waals surface area contributed by atoms with E-state index in [1.54, 1.807) is 0 Å². The molecule has 3 aromatic rings. The number of hydrogen-bond donors (Lipinski definition) is 0. The van der Waals surface area contributed by atoms with Crippen LogP contribution in [-0.4, -0.2) is 43.1 Å². The molecule has 1 saturated heterocycles. The Morgan fingerprint density at radius 1 is 1.04 bits per heavy atom. The highest BCUT2D eigenvalue weighted by atomic mass is 16.2. The Hall–Kier alpha value is -2.63. The van der Waals surface area contributed by atoms with Crippen LogP contribution in [0.1, 0.15) is 50.3 Å². The number of aromatic nitrogens is 4. The lowest BCUT2D eigenvalue weighted by atomic mass is 9.96. The number of amides is 1. The van der Waals surface area contributed by atoms with Gasteiger partial charge in [0.15, 0.2) is 5.65 Å². The van der Waals surface area contributed by atoms with E-state index >= 15 is 0 Å². The third-order valence-corrected chi connectivity index (χ3v) is 5.45. The fraction of sp³-hybridized carbons (Fsp3) is 0.476. The normalized spacial score (nSPS) is 17.5. The SMILES string of the molecule is O=C(CCCCCn1cccc1)N1CCC[C@@H](c2nnc3ccccn23)C1. The molecule has 1 aliphatic heterocycles. The molecule has 1 amide bonds. The number of fused-ring (bicyclic) bond motifs is 1. The summed E-state index contributed by atoms with van der Waals surface area (Å²) in [7, 11) is 0. The van der Waals surface area contributed by atoms with Gasteiger partial charge in [0.25, 0.3) is 0 Å². The number of rotatable bonds is 7. The van der Waals surface area contributed by atoms with Gasteiger partial charge in [0, 0.05) is 50.6 Å². The van der Waals surface area contributed by atoms with E-state index in [0.29, 0.717) is 6.42 Å². The Bertz CT molecular complexity index is 870. The van der Waals surface area contributed by atoms with E-state index in [1.165, 1.54) is 0 Å². The van der Waals surface area contributed by atoms with E-state index in [2.05, 4.69) is 43.7 Å². The molecule has 0 spiro atoms. The van der Waals surface area contributed by atoms with Gasteiger partial charge in [-0.05, 0) is 49.9 Å². The number of unbranched alkanes of at least 4 members (excludes halogenated alkanes) is 2. The summed E-state index contributed by atoms with van der Waals surface area (Å²) in [6.45, 7) is 2.67. The highest BCUT2D eigenvalue weighted by molar-refractivity contribution is 5.76. The van der Waals surface area contributed by atoms with Crippen LogP contribution in [-0.2, 0) is 11.3 Å². The molecule has 1 atom stereocenters. The molecule has 0 saturated carbocycles. The molecular weight excluding hydrogens is 338 g/mol. The van der Waals surface area contributed by atoms with Crippen LogP contribution in [0.3, 0.4) is 0 Å². The Balaban J connectivity index is 1.27. The number of likely N-dealkylation sites (tertiary alicyclic amines) is 1. The second kappa shape index (κ2) is 8.37. The molecule has 1 aliphatic rings. The van der Waals surface area contributed by atoms with Crippen molar-refractivity contribution in [2.75, 3.05) is 13.1 Å². The molecular formula is C21H27N5O. The van der Waals surface area contributed by atoms with Crippen molar-refractivity contribution in [3.8, 4) is 0 Å². The van der Waals surface area contributed by atoms with Crippen LogP contribution in [0.25, 0.3) is 5.65 Å². The zero-order chi connectivity index (χ0) is 18.5. The minimum absolute atomic E-state index is 0.272. The van der Waals surface area contributed by atoms with Crippen molar-refractivity contribution in [3.63, 3.8) is 0 Å². The molecule has 0 N–H and O–H groups in total. The maximum Gasteiger partial charge on any atom is 0.222 e. The van der Waals surface area contributed by atoms with Crippen molar-refractivity contribution in [2.24, 2.45) is 0 Å². The van der Waals surface area contributed by atoms with Crippen LogP contribution in [0.15, 0.2) is 48.9 Å². The van der Waals surface area contributed by atoms with Gasteiger partial charge in [0.05, 0.1) is 0 Å². The number of nitrogens with zero attached hydrogens (tertiary/aromatic N) is 5.